The number of thiophene rings is 1. The normalized spacial score (nSPS) is 26.2. The van der Waals surface area contributed by atoms with Crippen molar-refractivity contribution in [2.75, 3.05) is 6.54 Å². The molecule has 1 aliphatic carbocycles. The zero-order valence-electron chi connectivity index (χ0n) is 10.7. The van der Waals surface area contributed by atoms with E-state index in [1.54, 1.807) is 11.3 Å². The molecule has 1 aromatic rings. The van der Waals surface area contributed by atoms with Crippen molar-refractivity contribution in [3.05, 3.63) is 21.9 Å². The summed E-state index contributed by atoms with van der Waals surface area (Å²) in [5.41, 5.74) is 1.26. The number of carbonyl (C=O) groups is 2. The van der Waals surface area contributed by atoms with Crippen LogP contribution in [0.5, 0.6) is 0 Å². The lowest BCUT2D eigenvalue weighted by molar-refractivity contribution is -0.141. The number of hydrogen-bond donors (Lipinski definition) is 1. The molecule has 19 heavy (non-hydrogen) atoms. The Labute approximate surface area is 116 Å². The predicted molar refractivity (Wildman–Crippen MR) is 71.9 cm³/mol. The standard InChI is InChI=1S/C14H17NO3S/c16-13(9-1-2-10(7-9)14(17)18)15-5-3-12-11(8-15)4-6-19-12/h4,6,9-10H,1-3,5,7-8H2,(H,17,18)/t9-,10+/m1/s1. The second-order valence-corrected chi connectivity index (χ2v) is 6.42. The first kappa shape index (κ1) is 12.7. The summed E-state index contributed by atoms with van der Waals surface area (Å²) < 4.78 is 0. The Bertz CT molecular complexity index is 511. The van der Waals surface area contributed by atoms with Crippen LogP contribution in [0.25, 0.3) is 0 Å². The average Bonchev–Trinajstić information content (AvgIpc) is 3.06. The topological polar surface area (TPSA) is 57.6 Å². The number of carbonyl (C=O) groups excluding carboxylic acids is 1. The number of rotatable bonds is 2. The highest BCUT2D eigenvalue weighted by atomic mass is 32.1. The Balaban J connectivity index is 1.65. The minimum absolute atomic E-state index is 0.0821. The van der Waals surface area contributed by atoms with Crippen molar-refractivity contribution < 1.29 is 14.7 Å². The van der Waals surface area contributed by atoms with Crippen LogP contribution in [-0.4, -0.2) is 28.4 Å². The van der Waals surface area contributed by atoms with E-state index in [-0.39, 0.29) is 17.7 Å². The average molecular weight is 279 g/mol. The highest BCUT2D eigenvalue weighted by Crippen LogP contribution is 2.34. The van der Waals surface area contributed by atoms with Gasteiger partial charge in [-0.15, -0.1) is 11.3 Å². The van der Waals surface area contributed by atoms with Gasteiger partial charge in [-0.05, 0) is 42.7 Å². The first-order valence-corrected chi connectivity index (χ1v) is 7.60. The van der Waals surface area contributed by atoms with E-state index in [9.17, 15) is 9.59 Å². The van der Waals surface area contributed by atoms with Gasteiger partial charge in [-0.3, -0.25) is 9.59 Å². The lowest BCUT2D eigenvalue weighted by atomic mass is 10.0. The molecule has 2 aliphatic rings. The molecule has 3 rings (SSSR count). The van der Waals surface area contributed by atoms with E-state index in [0.29, 0.717) is 19.4 Å². The van der Waals surface area contributed by atoms with Gasteiger partial charge in [0.2, 0.25) is 5.91 Å². The molecular weight excluding hydrogens is 262 g/mol. The summed E-state index contributed by atoms with van der Waals surface area (Å²) in [6.45, 7) is 1.48. The smallest absolute Gasteiger partial charge is 0.306 e. The van der Waals surface area contributed by atoms with Crippen LogP contribution in [0, 0.1) is 11.8 Å². The van der Waals surface area contributed by atoms with E-state index in [1.165, 1.54) is 10.4 Å². The van der Waals surface area contributed by atoms with E-state index in [0.717, 1.165) is 19.4 Å². The van der Waals surface area contributed by atoms with Crippen LogP contribution in [0.15, 0.2) is 11.4 Å². The largest absolute Gasteiger partial charge is 0.481 e. The van der Waals surface area contributed by atoms with E-state index >= 15 is 0 Å². The Morgan fingerprint density at radius 2 is 2.11 bits per heavy atom. The van der Waals surface area contributed by atoms with Gasteiger partial charge in [-0.25, -0.2) is 0 Å². The van der Waals surface area contributed by atoms with Crippen molar-refractivity contribution >= 4 is 23.2 Å². The molecule has 0 aromatic carbocycles. The van der Waals surface area contributed by atoms with Crippen LogP contribution in [0.2, 0.25) is 0 Å². The highest BCUT2D eigenvalue weighted by Gasteiger charge is 2.36. The number of carboxylic acids is 1. The minimum atomic E-state index is -0.755. The summed E-state index contributed by atoms with van der Waals surface area (Å²) >= 11 is 1.76. The first-order chi connectivity index (χ1) is 9.15. The summed E-state index contributed by atoms with van der Waals surface area (Å²) in [4.78, 5) is 26.7. The van der Waals surface area contributed by atoms with Crippen molar-refractivity contribution in [3.63, 3.8) is 0 Å². The van der Waals surface area contributed by atoms with Crippen LogP contribution >= 0.6 is 11.3 Å². The third kappa shape index (κ3) is 2.39. The van der Waals surface area contributed by atoms with Crippen LogP contribution in [0.4, 0.5) is 0 Å². The quantitative estimate of drug-likeness (QED) is 0.902. The Hall–Kier alpha value is -1.36. The number of carboxylic acid groups (broad SMARTS) is 1. The molecule has 1 saturated carbocycles. The predicted octanol–water partition coefficient (Wildman–Crippen LogP) is 2.13. The van der Waals surface area contributed by atoms with E-state index in [2.05, 4.69) is 11.4 Å². The molecule has 0 bridgehead atoms. The molecule has 1 aliphatic heterocycles. The van der Waals surface area contributed by atoms with Gasteiger partial charge in [0.25, 0.3) is 0 Å². The molecule has 0 radical (unpaired) electrons. The SMILES string of the molecule is O=C(O)[C@H]1CC[C@@H](C(=O)N2CCc3sccc3C2)C1. The fourth-order valence-corrected chi connectivity index (χ4v) is 4.01. The van der Waals surface area contributed by atoms with Gasteiger partial charge in [0.15, 0.2) is 0 Å². The van der Waals surface area contributed by atoms with Crippen molar-refractivity contribution in [3.8, 4) is 0 Å². The molecule has 4 nitrogen and oxygen atoms in total. The van der Waals surface area contributed by atoms with Gasteiger partial charge in [-0.2, -0.15) is 0 Å². The van der Waals surface area contributed by atoms with Crippen molar-refractivity contribution in [2.24, 2.45) is 11.8 Å². The zero-order chi connectivity index (χ0) is 13.4. The number of aliphatic carboxylic acids is 1. The third-order valence-corrected chi connectivity index (χ3v) is 5.27. The number of hydrogen-bond acceptors (Lipinski definition) is 3. The second kappa shape index (κ2) is 4.96. The second-order valence-electron chi connectivity index (χ2n) is 5.42. The van der Waals surface area contributed by atoms with Crippen LogP contribution < -0.4 is 0 Å². The lowest BCUT2D eigenvalue weighted by Crippen LogP contribution is -2.38. The summed E-state index contributed by atoms with van der Waals surface area (Å²) in [6, 6.07) is 2.09. The van der Waals surface area contributed by atoms with Gasteiger partial charge >= 0.3 is 5.97 Å². The molecule has 5 heteroatoms. The Kier molecular flexibility index (Phi) is 3.31. The maximum Gasteiger partial charge on any atom is 0.306 e. The summed E-state index contributed by atoms with van der Waals surface area (Å²) in [5, 5.41) is 11.1. The number of nitrogens with zero attached hydrogens (tertiary/aromatic N) is 1. The fraction of sp³-hybridized carbons (Fsp3) is 0.571. The maximum absolute atomic E-state index is 12.4. The van der Waals surface area contributed by atoms with Gasteiger partial charge in [-0.1, -0.05) is 0 Å². The molecule has 102 valence electrons. The molecule has 0 unspecified atom stereocenters. The maximum atomic E-state index is 12.4. The zero-order valence-corrected chi connectivity index (χ0v) is 11.5. The van der Waals surface area contributed by atoms with Crippen LogP contribution in [0.1, 0.15) is 29.7 Å². The fourth-order valence-electron chi connectivity index (χ4n) is 3.12. The summed E-state index contributed by atoms with van der Waals surface area (Å²) in [6.07, 6.45) is 2.82. The molecule has 1 aromatic heterocycles. The van der Waals surface area contributed by atoms with Crippen molar-refractivity contribution in [1.82, 2.24) is 4.90 Å². The molecule has 1 N–H and O–H groups in total. The van der Waals surface area contributed by atoms with E-state index in [1.807, 2.05) is 4.90 Å². The van der Waals surface area contributed by atoms with E-state index < -0.39 is 5.97 Å². The lowest BCUT2D eigenvalue weighted by Gasteiger charge is -2.29. The monoisotopic (exact) mass is 279 g/mol. The molecule has 2 atom stereocenters. The minimum Gasteiger partial charge on any atom is -0.481 e. The third-order valence-electron chi connectivity index (χ3n) is 4.25. The summed E-state index contributed by atoms with van der Waals surface area (Å²) in [5.74, 6) is -1.01. The molecule has 0 saturated heterocycles. The number of amides is 1. The van der Waals surface area contributed by atoms with E-state index in [4.69, 9.17) is 5.11 Å². The van der Waals surface area contributed by atoms with Gasteiger partial charge in [0.1, 0.15) is 0 Å². The van der Waals surface area contributed by atoms with Gasteiger partial charge in [0, 0.05) is 23.9 Å². The Morgan fingerprint density at radius 3 is 2.84 bits per heavy atom. The number of fused-ring (bicyclic) bond motifs is 1. The summed E-state index contributed by atoms with van der Waals surface area (Å²) in [7, 11) is 0. The van der Waals surface area contributed by atoms with Crippen molar-refractivity contribution in [2.45, 2.75) is 32.2 Å². The molecule has 0 spiro atoms. The molecule has 1 amide bonds. The molecular formula is C14H17NO3S. The highest BCUT2D eigenvalue weighted by molar-refractivity contribution is 7.10. The van der Waals surface area contributed by atoms with Crippen LogP contribution in [0.3, 0.4) is 0 Å². The van der Waals surface area contributed by atoms with Gasteiger partial charge < -0.3 is 10.0 Å². The molecule has 1 fully saturated rings. The van der Waals surface area contributed by atoms with Crippen molar-refractivity contribution in [1.29, 1.82) is 0 Å². The van der Waals surface area contributed by atoms with Gasteiger partial charge in [0.05, 0.1) is 5.92 Å². The Morgan fingerprint density at radius 1 is 1.32 bits per heavy atom. The van der Waals surface area contributed by atoms with Crippen LogP contribution in [-0.2, 0) is 22.6 Å². The first-order valence-electron chi connectivity index (χ1n) is 6.72. The molecule has 2 heterocycles.